The molecule has 0 N–H and O–H groups in total. The topological polar surface area (TPSA) is 17.1 Å². The van der Waals surface area contributed by atoms with E-state index in [0.29, 0.717) is 0 Å². The molecule has 0 aromatic heterocycles. The van der Waals surface area contributed by atoms with E-state index in [-0.39, 0.29) is 0 Å². The maximum atomic E-state index is 14.2. The molecule has 0 saturated carbocycles. The largest absolute Gasteiger partial charge is 0.309 e. The van der Waals surface area contributed by atoms with E-state index in [1.165, 1.54) is 31.0 Å². The van der Waals surface area contributed by atoms with Crippen molar-refractivity contribution < 1.29 is 4.57 Å². The molecule has 1 atom stereocenters. The highest BCUT2D eigenvalue weighted by Crippen LogP contribution is 2.70. The lowest BCUT2D eigenvalue weighted by molar-refractivity contribution is 0.583. The van der Waals surface area contributed by atoms with Crippen molar-refractivity contribution >= 4 is 7.14 Å². The first-order valence-electron chi connectivity index (χ1n) is 8.86. The van der Waals surface area contributed by atoms with Crippen molar-refractivity contribution in [2.45, 2.75) is 64.2 Å². The van der Waals surface area contributed by atoms with Gasteiger partial charge in [0.15, 0.2) is 7.14 Å². The van der Waals surface area contributed by atoms with Crippen molar-refractivity contribution in [1.29, 1.82) is 0 Å². The monoisotopic (exact) mass is 314 g/mol. The summed E-state index contributed by atoms with van der Waals surface area (Å²) in [5.41, 5.74) is 0. The lowest BCUT2D eigenvalue weighted by Crippen LogP contribution is -2.00. The summed E-state index contributed by atoms with van der Waals surface area (Å²) in [6, 6.07) is 0. The predicted octanol–water partition coefficient (Wildman–Crippen LogP) is 7.06. The SMILES string of the molecule is O=P(C1=CCCC=C1)(C1=CCCCC1)/C1=C/CCCCC=C1. The summed E-state index contributed by atoms with van der Waals surface area (Å²) >= 11 is 0. The number of hydrogen-bond donors (Lipinski definition) is 0. The van der Waals surface area contributed by atoms with Gasteiger partial charge in [-0.05, 0) is 69.5 Å². The minimum absolute atomic E-state index is 1.01. The van der Waals surface area contributed by atoms with Gasteiger partial charge in [0.2, 0.25) is 0 Å². The second-order valence-corrected chi connectivity index (χ2v) is 9.30. The zero-order chi connectivity index (χ0) is 15.3. The van der Waals surface area contributed by atoms with Gasteiger partial charge in [0.1, 0.15) is 0 Å². The van der Waals surface area contributed by atoms with Crippen LogP contribution in [0, 0.1) is 0 Å². The van der Waals surface area contributed by atoms with Crippen molar-refractivity contribution in [3.63, 3.8) is 0 Å². The Morgan fingerprint density at radius 2 is 1.32 bits per heavy atom. The van der Waals surface area contributed by atoms with Gasteiger partial charge in [0, 0.05) is 10.6 Å². The summed E-state index contributed by atoms with van der Waals surface area (Å²) in [7, 11) is -2.58. The molecule has 0 aliphatic heterocycles. The molecule has 0 fully saturated rings. The van der Waals surface area contributed by atoms with E-state index >= 15 is 0 Å². The molecule has 0 radical (unpaired) electrons. The average Bonchev–Trinajstić information content (AvgIpc) is 2.55. The first-order chi connectivity index (χ1) is 10.8. The molecular formula is C20H27OP. The van der Waals surface area contributed by atoms with Crippen molar-refractivity contribution in [1.82, 2.24) is 0 Å². The van der Waals surface area contributed by atoms with Crippen LogP contribution in [-0.4, -0.2) is 0 Å². The number of hydrogen-bond acceptors (Lipinski definition) is 1. The summed E-state index contributed by atoms with van der Waals surface area (Å²) in [6.45, 7) is 0. The molecule has 0 bridgehead atoms. The Hall–Kier alpha value is -1.07. The molecule has 3 rings (SSSR count). The van der Waals surface area contributed by atoms with E-state index < -0.39 is 7.14 Å². The van der Waals surface area contributed by atoms with Crippen LogP contribution in [0.1, 0.15) is 64.2 Å². The molecule has 0 saturated heterocycles. The van der Waals surface area contributed by atoms with E-state index in [0.717, 1.165) is 49.2 Å². The van der Waals surface area contributed by atoms with Crippen molar-refractivity contribution in [3.8, 4) is 0 Å². The lowest BCUT2D eigenvalue weighted by Gasteiger charge is -2.28. The van der Waals surface area contributed by atoms with E-state index in [1.807, 2.05) is 0 Å². The van der Waals surface area contributed by atoms with Gasteiger partial charge < -0.3 is 4.57 Å². The summed E-state index contributed by atoms with van der Waals surface area (Å²) in [4.78, 5) is 0. The van der Waals surface area contributed by atoms with Gasteiger partial charge in [0.25, 0.3) is 0 Å². The van der Waals surface area contributed by atoms with Crippen LogP contribution < -0.4 is 0 Å². The lowest BCUT2D eigenvalue weighted by atomic mass is 10.1. The van der Waals surface area contributed by atoms with Crippen LogP contribution in [0.25, 0.3) is 0 Å². The molecule has 0 aromatic carbocycles. The summed E-state index contributed by atoms with van der Waals surface area (Å²) in [6.07, 6.45) is 26.8. The molecular weight excluding hydrogens is 287 g/mol. The van der Waals surface area contributed by atoms with Gasteiger partial charge in [0.05, 0.1) is 0 Å². The Labute approximate surface area is 134 Å². The molecule has 2 heteroatoms. The third kappa shape index (κ3) is 3.30. The smallest absolute Gasteiger partial charge is 0.166 e. The Morgan fingerprint density at radius 1 is 0.682 bits per heavy atom. The summed E-state index contributed by atoms with van der Waals surface area (Å²) in [5.74, 6) is 0. The Bertz CT molecular complexity index is 601. The average molecular weight is 314 g/mol. The molecule has 0 aromatic rings. The van der Waals surface area contributed by atoms with Crippen LogP contribution in [0.4, 0.5) is 0 Å². The molecule has 0 heterocycles. The molecule has 118 valence electrons. The Morgan fingerprint density at radius 3 is 2.05 bits per heavy atom. The van der Waals surface area contributed by atoms with Gasteiger partial charge in [-0.3, -0.25) is 0 Å². The highest BCUT2D eigenvalue weighted by molar-refractivity contribution is 7.76. The van der Waals surface area contributed by atoms with E-state index in [9.17, 15) is 4.57 Å². The molecule has 0 amide bonds. The van der Waals surface area contributed by atoms with Gasteiger partial charge in [-0.1, -0.05) is 42.5 Å². The highest BCUT2D eigenvalue weighted by atomic mass is 31.2. The Balaban J connectivity index is 2.05. The van der Waals surface area contributed by atoms with E-state index in [4.69, 9.17) is 0 Å². The minimum atomic E-state index is -2.58. The van der Waals surface area contributed by atoms with Crippen LogP contribution in [-0.2, 0) is 4.57 Å². The molecule has 22 heavy (non-hydrogen) atoms. The van der Waals surface area contributed by atoms with Crippen LogP contribution in [0.3, 0.4) is 0 Å². The van der Waals surface area contributed by atoms with Gasteiger partial charge >= 0.3 is 0 Å². The van der Waals surface area contributed by atoms with Gasteiger partial charge in [-0.25, -0.2) is 0 Å². The van der Waals surface area contributed by atoms with E-state index in [1.54, 1.807) is 0 Å². The molecule has 0 spiro atoms. The van der Waals surface area contributed by atoms with Crippen LogP contribution >= 0.6 is 7.14 Å². The molecule has 3 aliphatic carbocycles. The highest BCUT2D eigenvalue weighted by Gasteiger charge is 2.34. The zero-order valence-electron chi connectivity index (χ0n) is 13.5. The first-order valence-corrected chi connectivity index (χ1v) is 10.6. The standard InChI is InChI=1S/C20H27OP/c21-22(19-14-8-4-9-15-19,20-16-10-5-11-17-20)18-12-6-2-1-3-7-13-18/h6,8,12-16H,1-5,7,9-11,17H2/b12-6?,18-13+. The number of allylic oxidation sites excluding steroid dienone is 10. The van der Waals surface area contributed by atoms with Crippen LogP contribution in [0.15, 0.2) is 58.5 Å². The maximum absolute atomic E-state index is 14.2. The Kier molecular flexibility index (Phi) is 5.37. The van der Waals surface area contributed by atoms with Gasteiger partial charge in [-0.15, -0.1) is 0 Å². The third-order valence-corrected chi connectivity index (χ3v) is 8.17. The van der Waals surface area contributed by atoms with Crippen molar-refractivity contribution in [2.24, 2.45) is 0 Å². The normalized spacial score (nSPS) is 27.7. The fraction of sp³-hybridized carbons (Fsp3) is 0.500. The van der Waals surface area contributed by atoms with Crippen molar-refractivity contribution in [2.75, 3.05) is 0 Å². The summed E-state index contributed by atoms with van der Waals surface area (Å²) in [5, 5.41) is 3.40. The molecule has 1 unspecified atom stereocenters. The fourth-order valence-corrected chi connectivity index (χ4v) is 6.81. The second-order valence-electron chi connectivity index (χ2n) is 6.48. The summed E-state index contributed by atoms with van der Waals surface area (Å²) < 4.78 is 14.2. The van der Waals surface area contributed by atoms with Crippen molar-refractivity contribution in [3.05, 3.63) is 58.5 Å². The zero-order valence-corrected chi connectivity index (χ0v) is 14.4. The second kappa shape index (κ2) is 7.47. The minimum Gasteiger partial charge on any atom is -0.309 e. The van der Waals surface area contributed by atoms with Gasteiger partial charge in [-0.2, -0.15) is 0 Å². The number of rotatable bonds is 3. The maximum Gasteiger partial charge on any atom is 0.166 e. The third-order valence-electron chi connectivity index (χ3n) is 4.84. The van der Waals surface area contributed by atoms with E-state index in [2.05, 4.69) is 42.5 Å². The molecule has 1 nitrogen and oxygen atoms in total. The quantitative estimate of drug-likeness (QED) is 0.510. The predicted molar refractivity (Wildman–Crippen MR) is 96.3 cm³/mol. The van der Waals surface area contributed by atoms with Crippen LogP contribution in [0.2, 0.25) is 0 Å². The van der Waals surface area contributed by atoms with Crippen LogP contribution in [0.5, 0.6) is 0 Å². The molecule has 3 aliphatic rings. The first kappa shape index (κ1) is 15.8. The fourth-order valence-electron chi connectivity index (χ4n) is 3.58.